The van der Waals surface area contributed by atoms with Gasteiger partial charge in [0.15, 0.2) is 12.2 Å². The van der Waals surface area contributed by atoms with Gasteiger partial charge in [-0.2, -0.15) is 0 Å². The highest BCUT2D eigenvalue weighted by Gasteiger charge is 2.37. The smallest absolute Gasteiger partial charge is 0.310 e. The predicted molar refractivity (Wildman–Crippen MR) is 171 cm³/mol. The number of nitrogens with one attached hydrogen (secondary N) is 2. The second kappa shape index (κ2) is 13.3. The Hall–Kier alpha value is -5.67. The van der Waals surface area contributed by atoms with Crippen molar-refractivity contribution >= 4 is 28.9 Å². The van der Waals surface area contributed by atoms with Gasteiger partial charge in [0, 0.05) is 29.4 Å². The van der Waals surface area contributed by atoms with Gasteiger partial charge in [0.2, 0.25) is 0 Å². The summed E-state index contributed by atoms with van der Waals surface area (Å²) in [6.07, 6.45) is 1.26. The molecule has 1 amide bonds. The molecule has 224 valence electrons. The van der Waals surface area contributed by atoms with Gasteiger partial charge in [-0.15, -0.1) is 0 Å². The number of anilines is 1. The number of aromatic nitrogens is 1. The Labute approximate surface area is 264 Å². The third-order valence-corrected chi connectivity index (χ3v) is 7.68. The number of amides is 1. The molecule has 4 aromatic carbocycles. The van der Waals surface area contributed by atoms with Crippen molar-refractivity contribution in [2.75, 3.05) is 5.32 Å². The molecule has 1 heterocycles. The molecule has 0 bridgehead atoms. The molecule has 5 aromatic rings. The number of halogens is 1. The minimum Gasteiger partial charge on any atom is -0.480 e. The number of carbonyl (C=O) groups excluding carboxylic acids is 1. The molecule has 0 radical (unpaired) electrons. The molecule has 1 aromatic heterocycles. The molecule has 10 heteroatoms. The number of benzene rings is 4. The van der Waals surface area contributed by atoms with Gasteiger partial charge >= 0.3 is 5.69 Å². The van der Waals surface area contributed by atoms with Gasteiger partial charge in [-0.3, -0.25) is 19.9 Å². The zero-order valence-electron chi connectivity index (χ0n) is 23.8. The van der Waals surface area contributed by atoms with E-state index in [4.69, 9.17) is 21.1 Å². The first-order chi connectivity index (χ1) is 22.0. The lowest BCUT2D eigenvalue weighted by atomic mass is 9.89. The number of para-hydroxylation sites is 2. The lowest BCUT2D eigenvalue weighted by Gasteiger charge is -2.34. The molecule has 0 spiro atoms. The first-order valence-electron chi connectivity index (χ1n) is 14.1. The molecule has 1 aliphatic rings. The van der Waals surface area contributed by atoms with Gasteiger partial charge in [0.05, 0.1) is 15.7 Å². The molecular weight excluding hydrogens is 592 g/mol. The van der Waals surface area contributed by atoms with Crippen LogP contribution >= 0.6 is 11.6 Å². The van der Waals surface area contributed by atoms with E-state index in [1.54, 1.807) is 18.2 Å². The van der Waals surface area contributed by atoms with Gasteiger partial charge in [-0.05, 0) is 42.0 Å². The number of ether oxygens (including phenoxy) is 2. The van der Waals surface area contributed by atoms with Crippen molar-refractivity contribution in [1.82, 2.24) is 10.3 Å². The number of rotatable bonds is 10. The van der Waals surface area contributed by atoms with E-state index in [0.717, 1.165) is 17.3 Å². The SMILES string of the molecule is O=C(Nc1ccncc1[N+](=O)[O-])c1ccccc1CNC1=C(Cl)C(Oc2ccccc2)c2ccccc2C1Oc1ccccc1. The Balaban J connectivity index is 1.34. The minimum absolute atomic E-state index is 0.0506. The van der Waals surface area contributed by atoms with Crippen LogP contribution in [-0.2, 0) is 6.54 Å². The van der Waals surface area contributed by atoms with Crippen molar-refractivity contribution in [3.63, 3.8) is 0 Å². The van der Waals surface area contributed by atoms with Gasteiger partial charge in [-0.25, -0.2) is 0 Å². The van der Waals surface area contributed by atoms with Crippen LogP contribution in [0.3, 0.4) is 0 Å². The number of pyridine rings is 1. The Morgan fingerprint density at radius 2 is 1.38 bits per heavy atom. The topological polar surface area (TPSA) is 116 Å². The Bertz CT molecular complexity index is 1870. The molecule has 1 aliphatic carbocycles. The maximum Gasteiger partial charge on any atom is 0.310 e. The second-order valence-corrected chi connectivity index (χ2v) is 10.5. The van der Waals surface area contributed by atoms with E-state index in [1.807, 2.05) is 91.0 Å². The predicted octanol–water partition coefficient (Wildman–Crippen LogP) is 7.74. The van der Waals surface area contributed by atoms with E-state index in [9.17, 15) is 14.9 Å². The number of hydrogen-bond donors (Lipinski definition) is 2. The van der Waals surface area contributed by atoms with Crippen LogP contribution in [-0.4, -0.2) is 15.8 Å². The van der Waals surface area contributed by atoms with Crippen LogP contribution < -0.4 is 20.1 Å². The van der Waals surface area contributed by atoms with Crippen LogP contribution in [0.25, 0.3) is 0 Å². The molecule has 0 aliphatic heterocycles. The average Bonchev–Trinajstić information content (AvgIpc) is 3.07. The molecule has 45 heavy (non-hydrogen) atoms. The number of carbonyl (C=O) groups is 1. The first kappa shape index (κ1) is 29.4. The molecule has 2 N–H and O–H groups in total. The molecule has 2 unspecified atom stereocenters. The standard InChI is InChI=1S/C35H27ClN4O5/c36-31-32(38-21-23-11-7-8-16-26(23)35(41)39-29-19-20-37-22-30(29)40(42)43)34(45-25-14-5-2-6-15-25)28-18-10-9-17-27(28)33(31)44-24-12-3-1-4-13-24/h1-20,22,33-34,38H,21H2,(H,37,39,41). The molecular formula is C35H27ClN4O5. The number of fused-ring (bicyclic) bond motifs is 1. The van der Waals surface area contributed by atoms with Gasteiger partial charge in [0.25, 0.3) is 5.91 Å². The fourth-order valence-corrected chi connectivity index (χ4v) is 5.47. The van der Waals surface area contributed by atoms with Crippen molar-refractivity contribution in [2.45, 2.75) is 18.8 Å². The van der Waals surface area contributed by atoms with Crippen LogP contribution in [0, 0.1) is 10.1 Å². The van der Waals surface area contributed by atoms with Gasteiger partial charge < -0.3 is 20.1 Å². The lowest BCUT2D eigenvalue weighted by Crippen LogP contribution is -2.31. The first-order valence-corrected chi connectivity index (χ1v) is 14.5. The summed E-state index contributed by atoms with van der Waals surface area (Å²) in [5, 5.41) is 18.0. The lowest BCUT2D eigenvalue weighted by molar-refractivity contribution is -0.384. The molecule has 0 fully saturated rings. The maximum absolute atomic E-state index is 13.4. The largest absolute Gasteiger partial charge is 0.480 e. The van der Waals surface area contributed by atoms with Crippen LogP contribution in [0.2, 0.25) is 0 Å². The summed E-state index contributed by atoms with van der Waals surface area (Å²) in [5.41, 5.74) is 3.06. The molecule has 9 nitrogen and oxygen atoms in total. The molecule has 0 saturated carbocycles. The van der Waals surface area contributed by atoms with Crippen molar-refractivity contribution in [3.05, 3.63) is 171 Å². The maximum atomic E-state index is 13.4. The Morgan fingerprint density at radius 3 is 2.04 bits per heavy atom. The highest BCUT2D eigenvalue weighted by Crippen LogP contribution is 2.45. The van der Waals surface area contributed by atoms with Gasteiger partial charge in [-0.1, -0.05) is 90.5 Å². The number of nitro groups is 1. The summed E-state index contributed by atoms with van der Waals surface area (Å²) in [4.78, 5) is 28.1. The van der Waals surface area contributed by atoms with Crippen LogP contribution in [0.4, 0.5) is 11.4 Å². The fourth-order valence-electron chi connectivity index (χ4n) is 5.15. The summed E-state index contributed by atoms with van der Waals surface area (Å²) in [6, 6.07) is 35.1. The summed E-state index contributed by atoms with van der Waals surface area (Å²) < 4.78 is 13.0. The normalized spacial score (nSPS) is 15.5. The van der Waals surface area contributed by atoms with E-state index < -0.39 is 23.0 Å². The Morgan fingerprint density at radius 1 is 0.800 bits per heavy atom. The highest BCUT2D eigenvalue weighted by molar-refractivity contribution is 6.30. The van der Waals surface area contributed by atoms with E-state index in [0.29, 0.717) is 33.4 Å². The number of hydrogen-bond acceptors (Lipinski definition) is 7. The van der Waals surface area contributed by atoms with Crippen molar-refractivity contribution < 1.29 is 19.2 Å². The van der Waals surface area contributed by atoms with E-state index in [1.165, 1.54) is 12.3 Å². The van der Waals surface area contributed by atoms with Crippen molar-refractivity contribution in [3.8, 4) is 11.5 Å². The third kappa shape index (κ3) is 6.48. The Kier molecular flexibility index (Phi) is 8.70. The van der Waals surface area contributed by atoms with Gasteiger partial charge in [0.1, 0.15) is 23.4 Å². The van der Waals surface area contributed by atoms with Crippen LogP contribution in [0.15, 0.2) is 138 Å². The quantitative estimate of drug-likeness (QED) is 0.121. The highest BCUT2D eigenvalue weighted by atomic mass is 35.5. The minimum atomic E-state index is -0.617. The summed E-state index contributed by atoms with van der Waals surface area (Å²) >= 11 is 7.17. The van der Waals surface area contributed by atoms with E-state index in [2.05, 4.69) is 15.6 Å². The fraction of sp³-hybridized carbons (Fsp3) is 0.0857. The van der Waals surface area contributed by atoms with E-state index in [-0.39, 0.29) is 17.9 Å². The van der Waals surface area contributed by atoms with Crippen molar-refractivity contribution in [2.24, 2.45) is 0 Å². The average molecular weight is 619 g/mol. The third-order valence-electron chi connectivity index (χ3n) is 7.28. The van der Waals surface area contributed by atoms with Crippen LogP contribution in [0.5, 0.6) is 11.5 Å². The molecule has 2 atom stereocenters. The molecule has 0 saturated heterocycles. The monoisotopic (exact) mass is 618 g/mol. The van der Waals surface area contributed by atoms with Crippen molar-refractivity contribution in [1.29, 1.82) is 0 Å². The second-order valence-electron chi connectivity index (χ2n) is 10.1. The zero-order valence-corrected chi connectivity index (χ0v) is 24.6. The molecule has 6 rings (SSSR count). The van der Waals surface area contributed by atoms with Crippen LogP contribution in [0.1, 0.15) is 39.3 Å². The summed E-state index contributed by atoms with van der Waals surface area (Å²) in [5.74, 6) is 0.810. The summed E-state index contributed by atoms with van der Waals surface area (Å²) in [6.45, 7) is 0.197. The number of nitrogens with zero attached hydrogens (tertiary/aromatic N) is 2. The van der Waals surface area contributed by atoms with E-state index >= 15 is 0 Å². The summed E-state index contributed by atoms with van der Waals surface area (Å²) in [7, 11) is 0. The zero-order chi connectivity index (χ0) is 31.2.